The summed E-state index contributed by atoms with van der Waals surface area (Å²) in [5.74, 6) is 4.16. The topological polar surface area (TPSA) is 32.8 Å². The third-order valence-corrected chi connectivity index (χ3v) is 11.4. The van der Waals surface area contributed by atoms with Crippen molar-refractivity contribution in [3.63, 3.8) is 0 Å². The Morgan fingerprint density at radius 1 is 0.906 bits per heavy atom. The molecule has 4 heteroatoms. The molecule has 0 bridgehead atoms. The van der Waals surface area contributed by atoms with Crippen molar-refractivity contribution in [1.29, 1.82) is 0 Å². The van der Waals surface area contributed by atoms with Crippen LogP contribution < -0.4 is 0 Å². The Kier molecular flexibility index (Phi) is 6.55. The molecule has 0 aromatic rings. The summed E-state index contributed by atoms with van der Waals surface area (Å²) >= 11 is 0. The van der Waals surface area contributed by atoms with E-state index in [1.54, 1.807) is 0 Å². The summed E-state index contributed by atoms with van der Waals surface area (Å²) in [4.78, 5) is 16.6. The molecule has 4 aliphatic rings. The molecule has 0 aliphatic heterocycles. The van der Waals surface area contributed by atoms with Gasteiger partial charge in [0.1, 0.15) is 6.10 Å². The zero-order valence-electron chi connectivity index (χ0n) is 22.2. The zero-order valence-corrected chi connectivity index (χ0v) is 22.2. The minimum absolute atomic E-state index is 0.0498. The van der Waals surface area contributed by atoms with E-state index in [2.05, 4.69) is 46.7 Å². The summed E-state index contributed by atoms with van der Waals surface area (Å²) in [5.41, 5.74) is 1.22. The first-order chi connectivity index (χ1) is 14.9. The van der Waals surface area contributed by atoms with E-state index >= 15 is 0 Å². The smallest absolute Gasteiger partial charge is 0.320 e. The zero-order chi connectivity index (χ0) is 23.5. The summed E-state index contributed by atoms with van der Waals surface area (Å²) in [5, 5.41) is 0. The third-order valence-electron chi connectivity index (χ3n) is 11.4. The van der Waals surface area contributed by atoms with Crippen LogP contribution in [0.25, 0.3) is 0 Å². The van der Waals surface area contributed by atoms with Crippen LogP contribution in [0.3, 0.4) is 0 Å². The Morgan fingerprint density at radius 3 is 2.22 bits per heavy atom. The Bertz CT molecular complexity index is 704. The standard InChI is InChI=1S/C28H50N2O2/c1-26(2,30(7)8)24-12-11-22-21-10-9-19-17-20(32-25(31)18-29(5)6)13-15-27(19,3)23(21)14-16-28(22,24)4/h19-24H,9-18H2,1-8H3/t19-,20+,21-,22-,23-,24+,27-,28-/m0/s1. The minimum Gasteiger partial charge on any atom is -0.461 e. The summed E-state index contributed by atoms with van der Waals surface area (Å²) in [6, 6.07) is 0. The summed E-state index contributed by atoms with van der Waals surface area (Å²) in [7, 11) is 8.42. The predicted molar refractivity (Wildman–Crippen MR) is 131 cm³/mol. The molecule has 0 unspecified atom stereocenters. The van der Waals surface area contributed by atoms with E-state index in [0.717, 1.165) is 42.4 Å². The Hall–Kier alpha value is -0.610. The van der Waals surface area contributed by atoms with Gasteiger partial charge in [-0.1, -0.05) is 13.8 Å². The first-order valence-corrected chi connectivity index (χ1v) is 13.4. The van der Waals surface area contributed by atoms with Gasteiger partial charge in [-0.3, -0.25) is 9.69 Å². The van der Waals surface area contributed by atoms with Crippen LogP contribution >= 0.6 is 0 Å². The maximum Gasteiger partial charge on any atom is 0.320 e. The van der Waals surface area contributed by atoms with Crippen LogP contribution in [0.5, 0.6) is 0 Å². The number of nitrogens with zero attached hydrogens (tertiary/aromatic N) is 2. The molecule has 0 spiro atoms. The van der Waals surface area contributed by atoms with Crippen LogP contribution in [0, 0.1) is 40.4 Å². The molecule has 0 aromatic heterocycles. The number of rotatable bonds is 5. The molecule has 4 aliphatic carbocycles. The van der Waals surface area contributed by atoms with Gasteiger partial charge in [0, 0.05) is 5.54 Å². The van der Waals surface area contributed by atoms with Crippen molar-refractivity contribution in [1.82, 2.24) is 9.80 Å². The fourth-order valence-corrected chi connectivity index (χ4v) is 9.28. The highest BCUT2D eigenvalue weighted by Crippen LogP contribution is 2.68. The lowest BCUT2D eigenvalue weighted by molar-refractivity contribution is -0.164. The van der Waals surface area contributed by atoms with Gasteiger partial charge in [0.2, 0.25) is 0 Å². The maximum atomic E-state index is 12.2. The fraction of sp³-hybridized carbons (Fsp3) is 0.964. The van der Waals surface area contributed by atoms with Gasteiger partial charge in [-0.05, 0) is 140 Å². The van der Waals surface area contributed by atoms with Gasteiger partial charge in [0.15, 0.2) is 0 Å². The Labute approximate surface area is 197 Å². The first-order valence-electron chi connectivity index (χ1n) is 13.4. The van der Waals surface area contributed by atoms with Crippen LogP contribution in [-0.4, -0.2) is 62.1 Å². The summed E-state index contributed by atoms with van der Waals surface area (Å²) in [6.45, 7) is 10.6. The number of ether oxygens (including phenoxy) is 1. The van der Waals surface area contributed by atoms with Crippen LogP contribution in [0.1, 0.15) is 85.5 Å². The molecule has 8 atom stereocenters. The van der Waals surface area contributed by atoms with E-state index in [1.807, 2.05) is 19.0 Å². The van der Waals surface area contributed by atoms with Gasteiger partial charge >= 0.3 is 5.97 Å². The molecule has 0 radical (unpaired) electrons. The van der Waals surface area contributed by atoms with Gasteiger partial charge in [-0.25, -0.2) is 0 Å². The molecular formula is C28H50N2O2. The largest absolute Gasteiger partial charge is 0.461 e. The second kappa shape index (κ2) is 8.56. The highest BCUT2D eigenvalue weighted by Gasteiger charge is 2.62. The Balaban J connectivity index is 1.46. The second-order valence-electron chi connectivity index (χ2n) is 13.5. The molecule has 0 heterocycles. The lowest BCUT2D eigenvalue weighted by Gasteiger charge is -2.62. The van der Waals surface area contributed by atoms with Gasteiger partial charge in [-0.2, -0.15) is 0 Å². The highest BCUT2D eigenvalue weighted by atomic mass is 16.5. The van der Waals surface area contributed by atoms with Crippen molar-refractivity contribution in [2.24, 2.45) is 40.4 Å². The Morgan fingerprint density at radius 2 is 1.56 bits per heavy atom. The van der Waals surface area contributed by atoms with Gasteiger partial charge in [0.05, 0.1) is 6.54 Å². The predicted octanol–water partition coefficient (Wildman–Crippen LogP) is 5.46. The fourth-order valence-electron chi connectivity index (χ4n) is 9.28. The van der Waals surface area contributed by atoms with Crippen molar-refractivity contribution < 1.29 is 9.53 Å². The van der Waals surface area contributed by atoms with E-state index in [0.29, 0.717) is 17.4 Å². The number of esters is 1. The maximum absolute atomic E-state index is 12.2. The first kappa shape index (κ1) is 24.5. The van der Waals surface area contributed by atoms with Gasteiger partial charge < -0.3 is 9.64 Å². The van der Waals surface area contributed by atoms with E-state index in [1.165, 1.54) is 44.9 Å². The van der Waals surface area contributed by atoms with Gasteiger partial charge in [0.25, 0.3) is 0 Å². The van der Waals surface area contributed by atoms with Gasteiger partial charge in [-0.15, -0.1) is 0 Å². The summed E-state index contributed by atoms with van der Waals surface area (Å²) < 4.78 is 5.91. The lowest BCUT2D eigenvalue weighted by Crippen LogP contribution is -2.57. The van der Waals surface area contributed by atoms with E-state index in [-0.39, 0.29) is 17.6 Å². The quantitative estimate of drug-likeness (QED) is 0.525. The number of fused-ring (bicyclic) bond motifs is 5. The minimum atomic E-state index is -0.0498. The third kappa shape index (κ3) is 3.96. The number of hydrogen-bond acceptors (Lipinski definition) is 4. The molecule has 0 N–H and O–H groups in total. The van der Waals surface area contributed by atoms with Crippen molar-refractivity contribution in [2.75, 3.05) is 34.7 Å². The highest BCUT2D eigenvalue weighted by molar-refractivity contribution is 5.71. The SMILES string of the molecule is CN(C)CC(=O)O[C@@H]1CC[C@@]2(C)[C@@H](CC[C@@H]3[C@@H]2CC[C@]2(C)[C@@H](C(C)(C)N(C)C)CC[C@@H]32)C1. The molecule has 4 saturated carbocycles. The molecule has 0 amide bonds. The number of hydrogen-bond donors (Lipinski definition) is 0. The average molecular weight is 447 g/mol. The van der Waals surface area contributed by atoms with Crippen molar-refractivity contribution in [2.45, 2.75) is 97.1 Å². The monoisotopic (exact) mass is 446 g/mol. The normalized spacial score (nSPS) is 44.2. The van der Waals surface area contributed by atoms with Crippen molar-refractivity contribution in [3.05, 3.63) is 0 Å². The molecule has 184 valence electrons. The second-order valence-corrected chi connectivity index (χ2v) is 13.5. The van der Waals surface area contributed by atoms with Crippen molar-refractivity contribution >= 4 is 5.97 Å². The molecule has 4 rings (SSSR count). The van der Waals surface area contributed by atoms with E-state index < -0.39 is 0 Å². The van der Waals surface area contributed by atoms with Crippen LogP contribution in [0.2, 0.25) is 0 Å². The van der Waals surface area contributed by atoms with Crippen LogP contribution in [-0.2, 0) is 9.53 Å². The lowest BCUT2D eigenvalue weighted by atomic mass is 9.44. The molecule has 0 saturated heterocycles. The number of carbonyl (C=O) groups is 1. The number of likely N-dealkylation sites (N-methyl/N-ethyl adjacent to an activating group) is 1. The molecule has 0 aromatic carbocycles. The summed E-state index contributed by atoms with van der Waals surface area (Å²) in [6.07, 6.45) is 11.9. The molecular weight excluding hydrogens is 396 g/mol. The number of carbonyl (C=O) groups excluding carboxylic acids is 1. The average Bonchev–Trinajstić information content (AvgIpc) is 3.05. The van der Waals surface area contributed by atoms with E-state index in [9.17, 15) is 4.79 Å². The molecule has 4 fully saturated rings. The van der Waals surface area contributed by atoms with Crippen molar-refractivity contribution in [3.8, 4) is 0 Å². The van der Waals surface area contributed by atoms with Crippen LogP contribution in [0.15, 0.2) is 0 Å². The molecule has 4 nitrogen and oxygen atoms in total. The van der Waals surface area contributed by atoms with E-state index in [4.69, 9.17) is 4.74 Å². The van der Waals surface area contributed by atoms with Crippen LogP contribution in [0.4, 0.5) is 0 Å². The molecule has 32 heavy (non-hydrogen) atoms.